The van der Waals surface area contributed by atoms with Gasteiger partial charge < -0.3 is 4.74 Å². The minimum atomic E-state index is -2.71. The first-order valence-corrected chi connectivity index (χ1v) is 7.11. The molecule has 1 heterocycles. The molecule has 112 valence electrons. The first-order chi connectivity index (χ1) is 10.2. The van der Waals surface area contributed by atoms with Crippen molar-refractivity contribution in [3.05, 3.63) is 60.4 Å². The Bertz CT molecular complexity index is 517. The number of alkyl halides is 2. The molecule has 4 heteroatoms. The van der Waals surface area contributed by atoms with Gasteiger partial charge in [-0.15, -0.1) is 0 Å². The van der Waals surface area contributed by atoms with E-state index in [2.05, 4.69) is 4.98 Å². The molecule has 0 amide bonds. The summed E-state index contributed by atoms with van der Waals surface area (Å²) in [5.41, 5.74) is 0.433. The third-order valence-electron chi connectivity index (χ3n) is 3.11. The molecule has 1 aromatic carbocycles. The molecule has 0 fully saturated rings. The number of hydrogen-bond donors (Lipinski definition) is 0. The summed E-state index contributed by atoms with van der Waals surface area (Å²) in [5, 5.41) is 0. The lowest BCUT2D eigenvalue weighted by molar-refractivity contribution is -0.0109. The summed E-state index contributed by atoms with van der Waals surface area (Å²) in [7, 11) is 0. The van der Waals surface area contributed by atoms with Gasteiger partial charge in [0.15, 0.2) is 0 Å². The fourth-order valence-electron chi connectivity index (χ4n) is 2.05. The Morgan fingerprint density at radius 3 is 2.43 bits per heavy atom. The van der Waals surface area contributed by atoms with Crippen molar-refractivity contribution in [3.63, 3.8) is 0 Å². The van der Waals surface area contributed by atoms with E-state index in [1.54, 1.807) is 24.4 Å². The zero-order valence-electron chi connectivity index (χ0n) is 11.8. The average molecular weight is 291 g/mol. The maximum Gasteiger partial charge on any atom is 0.253 e. The van der Waals surface area contributed by atoms with Gasteiger partial charge in [0.25, 0.3) is 5.92 Å². The molecule has 0 aliphatic carbocycles. The van der Waals surface area contributed by atoms with Crippen LogP contribution in [0.2, 0.25) is 0 Å². The molecule has 0 aliphatic rings. The zero-order valence-corrected chi connectivity index (χ0v) is 11.8. The van der Waals surface area contributed by atoms with Crippen LogP contribution in [0, 0.1) is 0 Å². The molecule has 0 saturated heterocycles. The predicted molar refractivity (Wildman–Crippen MR) is 78.7 cm³/mol. The first-order valence-electron chi connectivity index (χ1n) is 7.11. The SMILES string of the molecule is FC(F)(CCCCOc1ccccc1)Cc1ccccn1. The van der Waals surface area contributed by atoms with Crippen LogP contribution in [0.25, 0.3) is 0 Å². The van der Waals surface area contributed by atoms with Crippen LogP contribution in [-0.4, -0.2) is 17.5 Å². The molecule has 2 aromatic rings. The fourth-order valence-corrected chi connectivity index (χ4v) is 2.05. The average Bonchev–Trinajstić information content (AvgIpc) is 2.48. The second kappa shape index (κ2) is 7.72. The standard InChI is InChI=1S/C17H19F2NO/c18-17(19,14-15-8-4-6-12-20-15)11-5-7-13-21-16-9-2-1-3-10-16/h1-4,6,8-10,12H,5,7,11,13-14H2. The summed E-state index contributed by atoms with van der Waals surface area (Å²) in [6, 6.07) is 14.5. The Hall–Kier alpha value is -1.97. The van der Waals surface area contributed by atoms with Crippen LogP contribution in [0.15, 0.2) is 54.7 Å². The highest BCUT2D eigenvalue weighted by Gasteiger charge is 2.28. The normalized spacial score (nSPS) is 11.3. The van der Waals surface area contributed by atoms with E-state index in [0.717, 1.165) is 5.75 Å². The lowest BCUT2D eigenvalue weighted by Gasteiger charge is -2.15. The first kappa shape index (κ1) is 15.4. The summed E-state index contributed by atoms with van der Waals surface area (Å²) >= 11 is 0. The topological polar surface area (TPSA) is 22.1 Å². The number of pyridine rings is 1. The van der Waals surface area contributed by atoms with Crippen molar-refractivity contribution in [2.45, 2.75) is 31.6 Å². The van der Waals surface area contributed by atoms with Crippen molar-refractivity contribution < 1.29 is 13.5 Å². The molecule has 0 unspecified atom stereocenters. The molecule has 0 aliphatic heterocycles. The Kier molecular flexibility index (Phi) is 5.67. The maximum atomic E-state index is 13.8. The van der Waals surface area contributed by atoms with Crippen LogP contribution < -0.4 is 4.74 Å². The molecule has 2 rings (SSSR count). The highest BCUT2D eigenvalue weighted by atomic mass is 19.3. The molecule has 0 saturated carbocycles. The van der Waals surface area contributed by atoms with Gasteiger partial charge >= 0.3 is 0 Å². The molecule has 0 radical (unpaired) electrons. The molecule has 0 N–H and O–H groups in total. The van der Waals surface area contributed by atoms with Gasteiger partial charge in [-0.2, -0.15) is 0 Å². The number of hydrogen-bond acceptors (Lipinski definition) is 2. The number of benzene rings is 1. The van der Waals surface area contributed by atoms with Gasteiger partial charge in [-0.25, -0.2) is 8.78 Å². The van der Waals surface area contributed by atoms with E-state index in [1.165, 1.54) is 0 Å². The number of aromatic nitrogens is 1. The molecule has 0 bridgehead atoms. The molecule has 2 nitrogen and oxygen atoms in total. The third kappa shape index (κ3) is 5.90. The highest BCUT2D eigenvalue weighted by Crippen LogP contribution is 2.25. The van der Waals surface area contributed by atoms with Crippen LogP contribution in [0.4, 0.5) is 8.78 Å². The van der Waals surface area contributed by atoms with Crippen molar-refractivity contribution in [3.8, 4) is 5.75 Å². The van der Waals surface area contributed by atoms with Crippen LogP contribution in [0.3, 0.4) is 0 Å². The van der Waals surface area contributed by atoms with E-state index in [0.29, 0.717) is 25.1 Å². The predicted octanol–water partition coefficient (Wildman–Crippen LogP) is 4.51. The lowest BCUT2D eigenvalue weighted by atomic mass is 10.1. The summed E-state index contributed by atoms with van der Waals surface area (Å²) in [4.78, 5) is 3.94. The number of ether oxygens (including phenoxy) is 1. The number of rotatable bonds is 8. The highest BCUT2D eigenvalue weighted by molar-refractivity contribution is 5.20. The monoisotopic (exact) mass is 291 g/mol. The largest absolute Gasteiger partial charge is 0.494 e. The van der Waals surface area contributed by atoms with E-state index < -0.39 is 5.92 Å². The van der Waals surface area contributed by atoms with Crippen LogP contribution in [0.5, 0.6) is 5.75 Å². The fraction of sp³-hybridized carbons (Fsp3) is 0.353. The van der Waals surface area contributed by atoms with Crippen LogP contribution in [-0.2, 0) is 6.42 Å². The Labute approximate surface area is 123 Å². The number of nitrogens with zero attached hydrogens (tertiary/aromatic N) is 1. The quantitative estimate of drug-likeness (QED) is 0.668. The van der Waals surface area contributed by atoms with Gasteiger partial charge in [0, 0.05) is 18.3 Å². The maximum absolute atomic E-state index is 13.8. The van der Waals surface area contributed by atoms with Crippen molar-refractivity contribution in [1.82, 2.24) is 4.98 Å². The Morgan fingerprint density at radius 1 is 0.952 bits per heavy atom. The van der Waals surface area contributed by atoms with E-state index >= 15 is 0 Å². The Morgan fingerprint density at radius 2 is 1.71 bits per heavy atom. The molecular formula is C17H19F2NO. The number of halogens is 2. The zero-order chi connectivity index (χ0) is 15.0. The third-order valence-corrected chi connectivity index (χ3v) is 3.11. The summed E-state index contributed by atoms with van der Waals surface area (Å²) in [5.74, 6) is -1.93. The van der Waals surface area contributed by atoms with Gasteiger partial charge in [0.2, 0.25) is 0 Å². The summed E-state index contributed by atoms with van der Waals surface area (Å²) < 4.78 is 33.0. The smallest absolute Gasteiger partial charge is 0.253 e. The number of para-hydroxylation sites is 1. The van der Waals surface area contributed by atoms with Gasteiger partial charge in [0.1, 0.15) is 5.75 Å². The van der Waals surface area contributed by atoms with Crippen molar-refractivity contribution >= 4 is 0 Å². The van der Waals surface area contributed by atoms with Crippen LogP contribution >= 0.6 is 0 Å². The second-order valence-electron chi connectivity index (χ2n) is 4.97. The van der Waals surface area contributed by atoms with Crippen molar-refractivity contribution in [1.29, 1.82) is 0 Å². The van der Waals surface area contributed by atoms with Gasteiger partial charge in [0.05, 0.1) is 13.0 Å². The van der Waals surface area contributed by atoms with E-state index in [1.807, 2.05) is 30.3 Å². The summed E-state index contributed by atoms with van der Waals surface area (Å²) in [6.07, 6.45) is 2.16. The van der Waals surface area contributed by atoms with Crippen molar-refractivity contribution in [2.75, 3.05) is 6.61 Å². The number of unbranched alkanes of at least 4 members (excludes halogenated alkanes) is 1. The molecule has 0 atom stereocenters. The lowest BCUT2D eigenvalue weighted by Crippen LogP contribution is -2.20. The second-order valence-corrected chi connectivity index (χ2v) is 4.97. The van der Waals surface area contributed by atoms with Gasteiger partial charge in [-0.05, 0) is 37.1 Å². The van der Waals surface area contributed by atoms with E-state index in [4.69, 9.17) is 4.74 Å². The summed E-state index contributed by atoms with van der Waals surface area (Å²) in [6.45, 7) is 0.462. The van der Waals surface area contributed by atoms with E-state index in [9.17, 15) is 8.78 Å². The molecule has 21 heavy (non-hydrogen) atoms. The van der Waals surface area contributed by atoms with Crippen molar-refractivity contribution in [2.24, 2.45) is 0 Å². The molecule has 0 spiro atoms. The molecular weight excluding hydrogens is 272 g/mol. The van der Waals surface area contributed by atoms with Crippen LogP contribution in [0.1, 0.15) is 25.0 Å². The minimum absolute atomic E-state index is 0.137. The van der Waals surface area contributed by atoms with Gasteiger partial charge in [-0.3, -0.25) is 4.98 Å². The Balaban J connectivity index is 1.65. The van der Waals surface area contributed by atoms with Gasteiger partial charge in [-0.1, -0.05) is 24.3 Å². The van der Waals surface area contributed by atoms with E-state index in [-0.39, 0.29) is 12.8 Å². The minimum Gasteiger partial charge on any atom is -0.494 e. The molecule has 1 aromatic heterocycles.